The maximum atomic E-state index is 10.4. The maximum Gasteiger partial charge on any atom is 0.172 e. The minimum absolute atomic E-state index is 0.155. The van der Waals surface area contributed by atoms with Crippen LogP contribution in [0.1, 0.15) is 0 Å². The fraction of sp³-hybridized carbons (Fsp3) is 0.200. The molecule has 0 aliphatic heterocycles. The van der Waals surface area contributed by atoms with E-state index in [1.807, 2.05) is 0 Å². The van der Waals surface area contributed by atoms with Crippen LogP contribution in [0.4, 0.5) is 23.0 Å². The van der Waals surface area contributed by atoms with Crippen molar-refractivity contribution in [3.8, 4) is 11.5 Å². The molecule has 0 unspecified atom stereocenters. The summed E-state index contributed by atoms with van der Waals surface area (Å²) >= 11 is 0. The van der Waals surface area contributed by atoms with Crippen molar-refractivity contribution < 1.29 is 9.84 Å². The first-order valence-corrected chi connectivity index (χ1v) is 7.29. The Morgan fingerprint density at radius 3 is 1.72 bits per heavy atom. The summed E-state index contributed by atoms with van der Waals surface area (Å²) in [6.45, 7) is 0. The zero-order valence-electron chi connectivity index (χ0n) is 13.9. The monoisotopic (exact) mass is 340 g/mol. The molecule has 10 heteroatoms. The van der Waals surface area contributed by atoms with E-state index in [9.17, 15) is 5.11 Å². The van der Waals surface area contributed by atoms with Crippen molar-refractivity contribution in [3.05, 3.63) is 36.7 Å². The molecule has 0 bridgehead atoms. The molecule has 3 rings (SSSR count). The van der Waals surface area contributed by atoms with Gasteiger partial charge in [-0.2, -0.15) is 10.2 Å². The van der Waals surface area contributed by atoms with Crippen LogP contribution in [-0.2, 0) is 14.1 Å². The third-order valence-electron chi connectivity index (χ3n) is 3.39. The van der Waals surface area contributed by atoms with E-state index in [2.05, 4.69) is 30.7 Å². The number of ether oxygens (including phenoxy) is 1. The van der Waals surface area contributed by atoms with Crippen molar-refractivity contribution in [2.45, 2.75) is 0 Å². The van der Waals surface area contributed by atoms with Crippen molar-refractivity contribution in [2.75, 3.05) is 7.11 Å². The highest BCUT2D eigenvalue weighted by Crippen LogP contribution is 2.41. The molecule has 0 fully saturated rings. The van der Waals surface area contributed by atoms with Gasteiger partial charge in [-0.05, 0) is 0 Å². The molecule has 0 aliphatic rings. The Kier molecular flexibility index (Phi) is 4.50. The molecule has 10 nitrogen and oxygen atoms in total. The predicted octanol–water partition coefficient (Wildman–Crippen LogP) is 3.70. The van der Waals surface area contributed by atoms with E-state index in [0.717, 1.165) is 0 Å². The van der Waals surface area contributed by atoms with Gasteiger partial charge in [-0.25, -0.2) is 9.36 Å². The first kappa shape index (κ1) is 16.3. The number of aromatic nitrogens is 4. The maximum absolute atomic E-state index is 10.4. The zero-order chi connectivity index (χ0) is 17.8. The van der Waals surface area contributed by atoms with E-state index >= 15 is 0 Å². The number of azo groups is 2. The number of methoxy groups -OCH3 is 1. The van der Waals surface area contributed by atoms with Gasteiger partial charge in [0.25, 0.3) is 0 Å². The van der Waals surface area contributed by atoms with Gasteiger partial charge in [-0.3, -0.25) is 0 Å². The number of rotatable bonds is 5. The molecule has 0 saturated carbocycles. The topological polar surface area (TPSA) is 115 Å². The second-order valence-corrected chi connectivity index (χ2v) is 5.04. The first-order chi connectivity index (χ1) is 12.1. The van der Waals surface area contributed by atoms with E-state index in [0.29, 0.717) is 17.4 Å². The summed E-state index contributed by atoms with van der Waals surface area (Å²) in [4.78, 5) is 0. The van der Waals surface area contributed by atoms with Crippen LogP contribution in [0, 0.1) is 0 Å². The van der Waals surface area contributed by atoms with Crippen LogP contribution < -0.4 is 4.74 Å². The van der Waals surface area contributed by atoms with E-state index in [1.54, 1.807) is 60.1 Å². The second-order valence-electron chi connectivity index (χ2n) is 5.04. The number of hydrogen-bond acceptors (Lipinski definition) is 8. The number of phenols is 1. The van der Waals surface area contributed by atoms with Crippen molar-refractivity contribution in [1.29, 1.82) is 0 Å². The molecule has 1 N–H and O–H groups in total. The number of aryl methyl sites for hydroxylation is 2. The molecule has 0 spiro atoms. The van der Waals surface area contributed by atoms with Crippen LogP contribution >= 0.6 is 0 Å². The van der Waals surface area contributed by atoms with Gasteiger partial charge in [0.1, 0.15) is 17.1 Å². The highest BCUT2D eigenvalue weighted by molar-refractivity contribution is 5.68. The fourth-order valence-corrected chi connectivity index (χ4v) is 1.99. The summed E-state index contributed by atoms with van der Waals surface area (Å²) in [5, 5.41) is 34.6. The van der Waals surface area contributed by atoms with Gasteiger partial charge in [0, 0.05) is 38.4 Å². The average Bonchev–Trinajstić information content (AvgIpc) is 3.21. The highest BCUT2D eigenvalue weighted by Gasteiger charge is 2.11. The van der Waals surface area contributed by atoms with Crippen LogP contribution in [0.15, 0.2) is 57.1 Å². The van der Waals surface area contributed by atoms with Crippen LogP contribution in [0.2, 0.25) is 0 Å². The lowest BCUT2D eigenvalue weighted by atomic mass is 10.2. The number of benzene rings is 1. The van der Waals surface area contributed by atoms with Crippen LogP contribution in [0.25, 0.3) is 0 Å². The van der Waals surface area contributed by atoms with Gasteiger partial charge >= 0.3 is 0 Å². The van der Waals surface area contributed by atoms with Crippen molar-refractivity contribution in [2.24, 2.45) is 34.6 Å². The van der Waals surface area contributed by atoms with E-state index < -0.39 is 0 Å². The van der Waals surface area contributed by atoms with Crippen LogP contribution in [0.5, 0.6) is 11.5 Å². The van der Waals surface area contributed by atoms with Gasteiger partial charge in [0.15, 0.2) is 17.4 Å². The Labute approximate surface area is 143 Å². The van der Waals surface area contributed by atoms with Gasteiger partial charge in [0.2, 0.25) is 0 Å². The number of phenolic OH excluding ortho intramolecular Hbond substituents is 1. The standard InChI is InChI=1S/C15H16N8O2/c1-22-13(4-6-16-22)20-18-11-8-10(25-3)9-12(15(11)24)19-21-14-5-7-17-23(14)2/h4-9,24H,1-3H3. The largest absolute Gasteiger partial charge is 0.504 e. The third kappa shape index (κ3) is 3.52. The normalized spacial score (nSPS) is 11.6. The number of aromatic hydroxyl groups is 1. The van der Waals surface area contributed by atoms with E-state index in [-0.39, 0.29) is 17.1 Å². The Morgan fingerprint density at radius 1 is 0.880 bits per heavy atom. The smallest absolute Gasteiger partial charge is 0.172 e. The molecular formula is C15H16N8O2. The molecule has 0 radical (unpaired) electrons. The van der Waals surface area contributed by atoms with Crippen LogP contribution in [0.3, 0.4) is 0 Å². The average molecular weight is 340 g/mol. The first-order valence-electron chi connectivity index (χ1n) is 7.29. The SMILES string of the molecule is COc1cc(N=Nc2ccnn2C)c(O)c(N=Nc2ccnn2C)c1. The molecule has 2 heterocycles. The van der Waals surface area contributed by atoms with Crippen molar-refractivity contribution in [3.63, 3.8) is 0 Å². The van der Waals surface area contributed by atoms with Crippen LogP contribution in [-0.4, -0.2) is 31.8 Å². The fourth-order valence-electron chi connectivity index (χ4n) is 1.99. The lowest BCUT2D eigenvalue weighted by Gasteiger charge is -2.05. The molecule has 128 valence electrons. The summed E-state index contributed by atoms with van der Waals surface area (Å²) in [5.41, 5.74) is 0.416. The molecule has 1 aromatic carbocycles. The van der Waals surface area contributed by atoms with Gasteiger partial charge in [-0.15, -0.1) is 20.5 Å². The minimum atomic E-state index is -0.155. The van der Waals surface area contributed by atoms with E-state index in [4.69, 9.17) is 4.74 Å². The summed E-state index contributed by atoms with van der Waals surface area (Å²) in [6.07, 6.45) is 3.21. The third-order valence-corrected chi connectivity index (χ3v) is 3.39. The Hall–Kier alpha value is -3.56. The molecule has 25 heavy (non-hydrogen) atoms. The zero-order valence-corrected chi connectivity index (χ0v) is 13.9. The van der Waals surface area contributed by atoms with E-state index in [1.165, 1.54) is 7.11 Å². The van der Waals surface area contributed by atoms with Gasteiger partial charge < -0.3 is 9.84 Å². The quantitative estimate of drug-likeness (QED) is 0.713. The molecule has 0 saturated heterocycles. The van der Waals surface area contributed by atoms with Crippen molar-refractivity contribution in [1.82, 2.24) is 19.6 Å². The summed E-state index contributed by atoms with van der Waals surface area (Å²) < 4.78 is 8.34. The Bertz CT molecular complexity index is 869. The molecule has 0 amide bonds. The summed E-state index contributed by atoms with van der Waals surface area (Å²) in [6, 6.07) is 6.50. The molecule has 0 atom stereocenters. The Balaban J connectivity index is 1.96. The van der Waals surface area contributed by atoms with Gasteiger partial charge in [0.05, 0.1) is 19.5 Å². The lowest BCUT2D eigenvalue weighted by Crippen LogP contribution is -1.87. The lowest BCUT2D eigenvalue weighted by molar-refractivity contribution is 0.413. The molecule has 2 aromatic heterocycles. The summed E-state index contributed by atoms with van der Waals surface area (Å²) in [7, 11) is 5.00. The summed E-state index contributed by atoms with van der Waals surface area (Å²) in [5.74, 6) is 1.40. The number of hydrogen-bond donors (Lipinski definition) is 1. The molecule has 0 aliphatic carbocycles. The van der Waals surface area contributed by atoms with Gasteiger partial charge in [-0.1, -0.05) is 0 Å². The molecular weight excluding hydrogens is 324 g/mol. The van der Waals surface area contributed by atoms with Crippen molar-refractivity contribution >= 4 is 23.0 Å². The molecule has 3 aromatic rings. The second kappa shape index (κ2) is 6.91. The highest BCUT2D eigenvalue weighted by atomic mass is 16.5. The number of nitrogens with zero attached hydrogens (tertiary/aromatic N) is 8. The minimum Gasteiger partial charge on any atom is -0.504 e. The Morgan fingerprint density at radius 2 is 1.36 bits per heavy atom. The predicted molar refractivity (Wildman–Crippen MR) is 89.4 cm³/mol.